The van der Waals surface area contributed by atoms with E-state index in [9.17, 15) is 4.79 Å². The first kappa shape index (κ1) is 24.6. The van der Waals surface area contributed by atoms with Crippen molar-refractivity contribution in [3.05, 3.63) is 20.9 Å². The van der Waals surface area contributed by atoms with Gasteiger partial charge in [0.25, 0.3) is 0 Å². The van der Waals surface area contributed by atoms with Crippen molar-refractivity contribution in [1.29, 1.82) is 0 Å². The summed E-state index contributed by atoms with van der Waals surface area (Å²) in [5, 5.41) is 7.09. The monoisotopic (exact) mass is 448 g/mol. The minimum Gasteiger partial charge on any atom is -0.467 e. The Balaban J connectivity index is 2.16. The van der Waals surface area contributed by atoms with E-state index < -0.39 is 5.60 Å². The third kappa shape index (κ3) is 7.52. The van der Waals surface area contributed by atoms with E-state index in [-0.39, 0.29) is 25.2 Å². The maximum absolute atomic E-state index is 12.3. The van der Waals surface area contributed by atoms with Crippen LogP contribution in [0.25, 0.3) is 20.9 Å². The van der Waals surface area contributed by atoms with Crippen LogP contribution < -0.4 is 14.5 Å². The quantitative estimate of drug-likeness (QED) is 0.313. The molecule has 1 amide bonds. The van der Waals surface area contributed by atoms with Crippen LogP contribution in [0.1, 0.15) is 20.8 Å². The van der Waals surface area contributed by atoms with Gasteiger partial charge in [0.05, 0.1) is 7.11 Å². The number of methoxy groups -OCH3 is 1. The van der Waals surface area contributed by atoms with Crippen molar-refractivity contribution in [2.24, 2.45) is 10.2 Å². The molecule has 0 saturated carbocycles. The largest absolute Gasteiger partial charge is 0.467 e. The highest BCUT2D eigenvalue weighted by Gasteiger charge is 2.27. The number of anilines is 2. The van der Waals surface area contributed by atoms with Crippen molar-refractivity contribution >= 4 is 18.0 Å². The van der Waals surface area contributed by atoms with Gasteiger partial charge in [0.15, 0.2) is 0 Å². The standard InChI is InChI=1S/C17H28N12O3/c1-17(2,3)32-16(30)29-11-9-28(10-12-29)14-22-13(23-15(24-14)31-4)27(7-5-20-25-18)8-6-21-26-19/h5-12H2,1-4H3. The number of carbonyl (C=O) groups excluding carboxylic acids is 1. The van der Waals surface area contributed by atoms with E-state index in [0.717, 1.165) is 0 Å². The molecule has 2 rings (SSSR count). The normalized spacial score (nSPS) is 13.6. The second-order valence-corrected chi connectivity index (χ2v) is 7.77. The average molecular weight is 448 g/mol. The Morgan fingerprint density at radius 2 is 1.66 bits per heavy atom. The van der Waals surface area contributed by atoms with E-state index in [1.807, 2.05) is 25.7 Å². The fourth-order valence-corrected chi connectivity index (χ4v) is 2.86. The highest BCUT2D eigenvalue weighted by molar-refractivity contribution is 5.68. The number of hydrogen-bond acceptors (Lipinski definition) is 10. The summed E-state index contributed by atoms with van der Waals surface area (Å²) < 4.78 is 10.7. The zero-order chi connectivity index (χ0) is 23.6. The molecule has 1 fully saturated rings. The van der Waals surface area contributed by atoms with E-state index in [2.05, 4.69) is 35.0 Å². The van der Waals surface area contributed by atoms with Gasteiger partial charge in [0, 0.05) is 62.2 Å². The summed E-state index contributed by atoms with van der Waals surface area (Å²) in [7, 11) is 1.45. The summed E-state index contributed by atoms with van der Waals surface area (Å²) in [5.41, 5.74) is 16.5. The van der Waals surface area contributed by atoms with Crippen LogP contribution in [0.4, 0.5) is 16.7 Å². The summed E-state index contributed by atoms with van der Waals surface area (Å²) in [6.45, 7) is 8.42. The predicted molar refractivity (Wildman–Crippen MR) is 117 cm³/mol. The first-order chi connectivity index (χ1) is 15.3. The van der Waals surface area contributed by atoms with Crippen LogP contribution in [-0.4, -0.2) is 91.0 Å². The van der Waals surface area contributed by atoms with Gasteiger partial charge in [-0.1, -0.05) is 10.2 Å². The van der Waals surface area contributed by atoms with Gasteiger partial charge in [-0.2, -0.15) is 15.0 Å². The minimum absolute atomic E-state index is 0.122. The highest BCUT2D eigenvalue weighted by atomic mass is 16.6. The van der Waals surface area contributed by atoms with Gasteiger partial charge in [-0.25, -0.2) is 4.79 Å². The Kier molecular flexibility index (Phi) is 8.93. The average Bonchev–Trinajstić information content (AvgIpc) is 2.77. The number of ether oxygens (including phenoxy) is 2. The molecule has 15 nitrogen and oxygen atoms in total. The number of carbonyl (C=O) groups is 1. The van der Waals surface area contributed by atoms with Crippen LogP contribution in [0.15, 0.2) is 10.2 Å². The van der Waals surface area contributed by atoms with E-state index in [1.165, 1.54) is 7.11 Å². The first-order valence-electron chi connectivity index (χ1n) is 10.1. The molecule has 0 atom stereocenters. The smallest absolute Gasteiger partial charge is 0.410 e. The molecule has 0 bridgehead atoms. The molecule has 0 radical (unpaired) electrons. The molecular formula is C17H28N12O3. The molecule has 0 N–H and O–H groups in total. The lowest BCUT2D eigenvalue weighted by atomic mass is 10.2. The molecule has 1 aliphatic heterocycles. The Bertz CT molecular complexity index is 846. The van der Waals surface area contributed by atoms with Crippen molar-refractivity contribution < 1.29 is 14.3 Å². The maximum atomic E-state index is 12.3. The van der Waals surface area contributed by atoms with Crippen LogP contribution in [0.2, 0.25) is 0 Å². The van der Waals surface area contributed by atoms with Crippen LogP contribution in [0, 0.1) is 0 Å². The molecule has 15 heteroatoms. The van der Waals surface area contributed by atoms with Gasteiger partial charge >= 0.3 is 12.1 Å². The zero-order valence-corrected chi connectivity index (χ0v) is 18.7. The third-order valence-electron chi connectivity index (χ3n) is 4.34. The van der Waals surface area contributed by atoms with Gasteiger partial charge in [0.2, 0.25) is 11.9 Å². The Hall–Kier alpha value is -3.70. The van der Waals surface area contributed by atoms with Crippen LogP contribution in [0.5, 0.6) is 6.01 Å². The molecule has 1 saturated heterocycles. The number of piperazine rings is 1. The summed E-state index contributed by atoms with van der Waals surface area (Å²) in [4.78, 5) is 36.3. The number of hydrogen-bond donors (Lipinski definition) is 0. The second-order valence-electron chi connectivity index (χ2n) is 7.77. The third-order valence-corrected chi connectivity index (χ3v) is 4.34. The minimum atomic E-state index is -0.556. The van der Waals surface area contributed by atoms with Gasteiger partial charge < -0.3 is 24.2 Å². The predicted octanol–water partition coefficient (Wildman–Crippen LogP) is 2.36. The molecule has 2 heterocycles. The van der Waals surface area contributed by atoms with Crippen LogP contribution in [-0.2, 0) is 4.74 Å². The lowest BCUT2D eigenvalue weighted by molar-refractivity contribution is 0.0240. The number of rotatable bonds is 9. The van der Waals surface area contributed by atoms with Crippen molar-refractivity contribution in [2.75, 3.05) is 69.3 Å². The van der Waals surface area contributed by atoms with Crippen molar-refractivity contribution in [3.63, 3.8) is 0 Å². The second kappa shape index (κ2) is 11.6. The lowest BCUT2D eigenvalue weighted by Crippen LogP contribution is -2.50. The van der Waals surface area contributed by atoms with Gasteiger partial charge in [-0.05, 0) is 31.8 Å². The van der Waals surface area contributed by atoms with E-state index in [1.54, 1.807) is 9.80 Å². The van der Waals surface area contributed by atoms with Crippen molar-refractivity contribution in [1.82, 2.24) is 19.9 Å². The highest BCUT2D eigenvalue weighted by Crippen LogP contribution is 2.20. The summed E-state index contributed by atoms with van der Waals surface area (Å²) in [6.07, 6.45) is -0.353. The van der Waals surface area contributed by atoms with E-state index in [4.69, 9.17) is 20.5 Å². The topological polar surface area (TPSA) is 181 Å². The SMILES string of the molecule is COc1nc(N(CCN=[N+]=[N-])CCN=[N+]=[N-])nc(N2CCN(C(=O)OC(C)(C)C)CC2)n1. The molecule has 0 aromatic carbocycles. The van der Waals surface area contributed by atoms with E-state index in [0.29, 0.717) is 51.2 Å². The van der Waals surface area contributed by atoms with Gasteiger partial charge in [0.1, 0.15) is 5.60 Å². The Morgan fingerprint density at radius 1 is 1.06 bits per heavy atom. The van der Waals surface area contributed by atoms with Gasteiger partial charge in [-0.15, -0.1) is 0 Å². The molecule has 174 valence electrons. The number of aromatic nitrogens is 3. The molecule has 1 aromatic heterocycles. The molecule has 0 unspecified atom stereocenters. The maximum Gasteiger partial charge on any atom is 0.410 e. The zero-order valence-electron chi connectivity index (χ0n) is 18.7. The fraction of sp³-hybridized carbons (Fsp3) is 0.765. The molecule has 0 spiro atoms. The molecule has 0 aliphatic carbocycles. The number of azide groups is 2. The van der Waals surface area contributed by atoms with Crippen LogP contribution in [0.3, 0.4) is 0 Å². The Labute approximate surface area is 185 Å². The fourth-order valence-electron chi connectivity index (χ4n) is 2.86. The Morgan fingerprint density at radius 3 is 2.16 bits per heavy atom. The van der Waals surface area contributed by atoms with E-state index >= 15 is 0 Å². The van der Waals surface area contributed by atoms with Gasteiger partial charge in [-0.3, -0.25) is 0 Å². The molecule has 1 aliphatic rings. The van der Waals surface area contributed by atoms with Crippen molar-refractivity contribution in [3.8, 4) is 6.01 Å². The summed E-state index contributed by atoms with van der Waals surface area (Å²) in [5.74, 6) is 0.705. The summed E-state index contributed by atoms with van der Waals surface area (Å²) in [6, 6.07) is 0.122. The molecule has 32 heavy (non-hydrogen) atoms. The summed E-state index contributed by atoms with van der Waals surface area (Å²) >= 11 is 0. The molecular weight excluding hydrogens is 420 g/mol. The van der Waals surface area contributed by atoms with Crippen LogP contribution >= 0.6 is 0 Å². The lowest BCUT2D eigenvalue weighted by Gasteiger charge is -2.35. The number of amides is 1. The first-order valence-corrected chi connectivity index (χ1v) is 10.1. The van der Waals surface area contributed by atoms with Crippen molar-refractivity contribution in [2.45, 2.75) is 26.4 Å². The molecule has 1 aromatic rings. The number of nitrogens with zero attached hydrogens (tertiary/aromatic N) is 12.